The molecule has 0 aromatic heterocycles. The molecule has 3 aliphatic heterocycles. The molecule has 0 bridgehead atoms. The quantitative estimate of drug-likeness (QED) is 0.522. The molecule has 0 aliphatic carbocycles. The monoisotopic (exact) mass is 549 g/mol. The van der Waals surface area contributed by atoms with Crippen LogP contribution in [0.1, 0.15) is 21.5 Å². The van der Waals surface area contributed by atoms with Crippen LogP contribution in [0.4, 0.5) is 5.69 Å². The number of sulfone groups is 1. The number of carbonyl (C=O) groups excluding carboxylic acids is 1. The molecule has 2 saturated heterocycles. The van der Waals surface area contributed by atoms with Gasteiger partial charge in [-0.2, -0.15) is 0 Å². The fraction of sp³-hybridized carbons (Fsp3) is 0.500. The standard InChI is InChI=1S/C26H32ClN3O6S/c1-18-13-19(26(31)34-2)15-23-24(18)36-25-20(17-37(23,32)33)14-21(16-22(25)27)30-7-5-28(6-8-30)3-4-29-9-11-35-12-10-29/h13-16H,3-12,17H2,1-2H3. The smallest absolute Gasteiger partial charge is 0.337 e. The third-order valence-electron chi connectivity index (χ3n) is 7.23. The number of morpholine rings is 1. The Morgan fingerprint density at radius 1 is 0.973 bits per heavy atom. The highest BCUT2D eigenvalue weighted by atomic mass is 35.5. The van der Waals surface area contributed by atoms with Crippen molar-refractivity contribution >= 4 is 33.1 Å². The lowest BCUT2D eigenvalue weighted by atomic mass is 10.1. The van der Waals surface area contributed by atoms with Crippen molar-refractivity contribution in [2.75, 3.05) is 77.6 Å². The third-order valence-corrected chi connectivity index (χ3v) is 9.17. The van der Waals surface area contributed by atoms with Gasteiger partial charge < -0.3 is 19.1 Å². The highest BCUT2D eigenvalue weighted by Gasteiger charge is 2.32. The zero-order valence-electron chi connectivity index (χ0n) is 21.2. The summed E-state index contributed by atoms with van der Waals surface area (Å²) in [5.74, 6) is -0.347. The number of ether oxygens (including phenoxy) is 3. The Morgan fingerprint density at radius 3 is 2.32 bits per heavy atom. The average molecular weight is 550 g/mol. The van der Waals surface area contributed by atoms with Crippen LogP contribution in [0, 0.1) is 6.92 Å². The minimum Gasteiger partial charge on any atom is -0.465 e. The first-order valence-corrected chi connectivity index (χ1v) is 14.5. The second kappa shape index (κ2) is 10.8. The van der Waals surface area contributed by atoms with E-state index in [9.17, 15) is 13.2 Å². The van der Waals surface area contributed by atoms with Gasteiger partial charge in [0.25, 0.3) is 0 Å². The van der Waals surface area contributed by atoms with E-state index in [2.05, 4.69) is 14.7 Å². The summed E-state index contributed by atoms with van der Waals surface area (Å²) in [5, 5.41) is 0.363. The average Bonchev–Trinajstić information content (AvgIpc) is 3.01. The van der Waals surface area contributed by atoms with E-state index < -0.39 is 15.8 Å². The zero-order valence-corrected chi connectivity index (χ0v) is 22.7. The molecule has 3 heterocycles. The number of rotatable bonds is 5. The number of aryl methyl sites for hydroxylation is 1. The summed E-state index contributed by atoms with van der Waals surface area (Å²) in [5.41, 5.74) is 2.07. The molecule has 0 spiro atoms. The summed E-state index contributed by atoms with van der Waals surface area (Å²) in [6, 6.07) is 6.59. The highest BCUT2D eigenvalue weighted by molar-refractivity contribution is 7.90. The molecular formula is C26H32ClN3O6S. The van der Waals surface area contributed by atoms with E-state index in [1.54, 1.807) is 13.0 Å². The van der Waals surface area contributed by atoms with Gasteiger partial charge in [0, 0.05) is 63.6 Å². The third kappa shape index (κ3) is 5.58. The number of nitrogens with zero attached hydrogens (tertiary/aromatic N) is 3. The first-order chi connectivity index (χ1) is 17.7. The molecule has 2 fully saturated rings. The maximum atomic E-state index is 13.4. The van der Waals surface area contributed by atoms with Crippen molar-refractivity contribution in [2.45, 2.75) is 17.6 Å². The second-order valence-electron chi connectivity index (χ2n) is 9.67. The number of methoxy groups -OCH3 is 1. The van der Waals surface area contributed by atoms with Crippen molar-refractivity contribution < 1.29 is 27.4 Å². The summed E-state index contributed by atoms with van der Waals surface area (Å²) in [7, 11) is -2.54. The van der Waals surface area contributed by atoms with Crippen molar-refractivity contribution in [2.24, 2.45) is 0 Å². The summed E-state index contributed by atoms with van der Waals surface area (Å²) in [4.78, 5) is 19.2. The van der Waals surface area contributed by atoms with Gasteiger partial charge >= 0.3 is 5.97 Å². The molecule has 0 N–H and O–H groups in total. The number of hydrogen-bond donors (Lipinski definition) is 0. The van der Waals surface area contributed by atoms with Gasteiger partial charge in [-0.3, -0.25) is 9.80 Å². The van der Waals surface area contributed by atoms with Crippen LogP contribution in [-0.4, -0.2) is 96.9 Å². The Balaban J connectivity index is 1.33. The molecule has 11 heteroatoms. The topological polar surface area (TPSA) is 88.6 Å². The molecule has 0 saturated carbocycles. The van der Waals surface area contributed by atoms with Crippen molar-refractivity contribution in [1.82, 2.24) is 9.80 Å². The molecule has 0 atom stereocenters. The van der Waals surface area contributed by atoms with Gasteiger partial charge in [-0.05, 0) is 36.8 Å². The molecule has 37 heavy (non-hydrogen) atoms. The molecule has 9 nitrogen and oxygen atoms in total. The lowest BCUT2D eigenvalue weighted by molar-refractivity contribution is 0.0331. The Kier molecular flexibility index (Phi) is 7.65. The molecule has 2 aromatic carbocycles. The number of carbonyl (C=O) groups is 1. The molecule has 200 valence electrons. The Morgan fingerprint density at radius 2 is 1.65 bits per heavy atom. The number of benzene rings is 2. The second-order valence-corrected chi connectivity index (χ2v) is 12.0. The summed E-state index contributed by atoms with van der Waals surface area (Å²) < 4.78 is 43.1. The summed E-state index contributed by atoms with van der Waals surface area (Å²) >= 11 is 6.67. The van der Waals surface area contributed by atoms with E-state index in [1.807, 2.05) is 12.1 Å². The van der Waals surface area contributed by atoms with Crippen molar-refractivity contribution in [1.29, 1.82) is 0 Å². The van der Waals surface area contributed by atoms with Gasteiger partial charge in [-0.15, -0.1) is 0 Å². The van der Waals surface area contributed by atoms with E-state index in [-0.39, 0.29) is 22.0 Å². The Bertz CT molecular complexity index is 1290. The van der Waals surface area contributed by atoms with Gasteiger partial charge in [0.2, 0.25) is 0 Å². The number of fused-ring (bicyclic) bond motifs is 2. The predicted octanol–water partition coefficient (Wildman–Crippen LogP) is 2.97. The lowest BCUT2D eigenvalue weighted by Gasteiger charge is -2.37. The van der Waals surface area contributed by atoms with E-state index in [0.29, 0.717) is 21.9 Å². The SMILES string of the molecule is COC(=O)c1cc(C)c2c(c1)S(=O)(=O)Cc1cc(N3CCN(CCN4CCOCC4)CC3)cc(Cl)c1O2. The van der Waals surface area contributed by atoms with E-state index in [0.717, 1.165) is 71.3 Å². The first-order valence-electron chi connectivity index (χ1n) is 12.5. The number of anilines is 1. The van der Waals surface area contributed by atoms with Crippen LogP contribution < -0.4 is 9.64 Å². The van der Waals surface area contributed by atoms with Gasteiger partial charge in [0.15, 0.2) is 9.84 Å². The van der Waals surface area contributed by atoms with Crippen molar-refractivity contribution in [3.05, 3.63) is 46.0 Å². The Hall–Kier alpha value is -2.37. The number of piperazine rings is 1. The molecule has 0 unspecified atom stereocenters. The fourth-order valence-corrected chi connectivity index (χ4v) is 6.94. The molecule has 0 amide bonds. The number of halogens is 1. The predicted molar refractivity (Wildman–Crippen MR) is 141 cm³/mol. The lowest BCUT2D eigenvalue weighted by Crippen LogP contribution is -2.49. The minimum absolute atomic E-state index is 0.0319. The normalized spacial score (nSPS) is 19.9. The van der Waals surface area contributed by atoms with Crippen LogP contribution in [0.3, 0.4) is 0 Å². The van der Waals surface area contributed by atoms with Gasteiger partial charge in [-0.25, -0.2) is 13.2 Å². The zero-order chi connectivity index (χ0) is 26.2. The fourth-order valence-electron chi connectivity index (χ4n) is 5.10. The van der Waals surface area contributed by atoms with Crippen LogP contribution in [0.25, 0.3) is 0 Å². The molecule has 2 aromatic rings. The van der Waals surface area contributed by atoms with Crippen LogP contribution >= 0.6 is 11.6 Å². The van der Waals surface area contributed by atoms with Crippen LogP contribution in [0.2, 0.25) is 5.02 Å². The van der Waals surface area contributed by atoms with Gasteiger partial charge in [-0.1, -0.05) is 11.6 Å². The number of hydrogen-bond acceptors (Lipinski definition) is 9. The van der Waals surface area contributed by atoms with Gasteiger partial charge in [0.05, 0.1) is 36.7 Å². The molecule has 0 radical (unpaired) electrons. The van der Waals surface area contributed by atoms with Crippen LogP contribution in [-0.2, 0) is 25.1 Å². The van der Waals surface area contributed by atoms with Crippen LogP contribution in [0.5, 0.6) is 11.5 Å². The first kappa shape index (κ1) is 26.2. The Labute approximate surface area is 222 Å². The maximum Gasteiger partial charge on any atom is 0.337 e. The molecule has 5 rings (SSSR count). The highest BCUT2D eigenvalue weighted by Crippen LogP contribution is 2.45. The van der Waals surface area contributed by atoms with E-state index in [1.165, 1.54) is 13.2 Å². The van der Waals surface area contributed by atoms with E-state index >= 15 is 0 Å². The van der Waals surface area contributed by atoms with Crippen molar-refractivity contribution in [3.63, 3.8) is 0 Å². The minimum atomic E-state index is -3.80. The van der Waals surface area contributed by atoms with Crippen LogP contribution in [0.15, 0.2) is 29.2 Å². The summed E-state index contributed by atoms with van der Waals surface area (Å²) in [6.07, 6.45) is 0. The largest absolute Gasteiger partial charge is 0.465 e. The molecular weight excluding hydrogens is 518 g/mol. The summed E-state index contributed by atoms with van der Waals surface area (Å²) in [6.45, 7) is 10.9. The van der Waals surface area contributed by atoms with E-state index in [4.69, 9.17) is 25.8 Å². The number of esters is 1. The van der Waals surface area contributed by atoms with Gasteiger partial charge in [0.1, 0.15) is 16.4 Å². The maximum absolute atomic E-state index is 13.4. The van der Waals surface area contributed by atoms with Crippen molar-refractivity contribution in [3.8, 4) is 11.5 Å². The molecule has 3 aliphatic rings.